The number of benzene rings is 1. The van der Waals surface area contributed by atoms with E-state index in [4.69, 9.17) is 16.0 Å². The molecule has 1 N–H and O–H groups in total. The molecule has 4 rings (SSSR count). The third kappa shape index (κ3) is 2.64. The lowest BCUT2D eigenvalue weighted by Gasteiger charge is -2.10. The summed E-state index contributed by atoms with van der Waals surface area (Å²) in [6.07, 6.45) is 1.48. The molecule has 0 radical (unpaired) electrons. The summed E-state index contributed by atoms with van der Waals surface area (Å²) in [6, 6.07) is 10.7. The number of anilines is 1. The fourth-order valence-corrected chi connectivity index (χ4v) is 3.73. The molecule has 0 saturated carbocycles. The number of furan rings is 1. The van der Waals surface area contributed by atoms with Crippen LogP contribution in [-0.2, 0) is 11.5 Å². The highest BCUT2D eigenvalue weighted by molar-refractivity contribution is 7.98. The highest BCUT2D eigenvalue weighted by Crippen LogP contribution is 2.36. The number of thioether (sulfide) groups is 1. The Kier molecular flexibility index (Phi) is 3.63. The monoisotopic (exact) mass is 345 g/mol. The van der Waals surface area contributed by atoms with Gasteiger partial charge in [-0.3, -0.25) is 4.79 Å². The Morgan fingerprint density at radius 3 is 3.00 bits per heavy atom. The number of halogens is 1. The van der Waals surface area contributed by atoms with Crippen LogP contribution in [0.5, 0.6) is 0 Å². The molecule has 1 aromatic carbocycles. The van der Waals surface area contributed by atoms with Crippen LogP contribution in [0.15, 0.2) is 47.1 Å². The number of hydrogen-bond donors (Lipinski definition) is 1. The minimum atomic E-state index is -0.294. The average molecular weight is 346 g/mol. The number of rotatable bonds is 3. The summed E-state index contributed by atoms with van der Waals surface area (Å²) in [4.78, 5) is 12.3. The quantitative estimate of drug-likeness (QED) is 0.775. The summed E-state index contributed by atoms with van der Waals surface area (Å²) in [5.41, 5.74) is 2.85. The standard InChI is InChI=1S/C16H12ClN3O2S/c17-10-3-1-4-11(7-10)20-15(12-8-23-9-13(12)19-20)18-16(21)14-5-2-6-22-14/h1-7H,8-9H2,(H,18,21). The fourth-order valence-electron chi connectivity index (χ4n) is 2.51. The van der Waals surface area contributed by atoms with Gasteiger partial charge in [-0.05, 0) is 30.3 Å². The maximum absolute atomic E-state index is 12.3. The number of aromatic nitrogens is 2. The van der Waals surface area contributed by atoms with Gasteiger partial charge in [-0.15, -0.1) is 0 Å². The van der Waals surface area contributed by atoms with Gasteiger partial charge in [0.25, 0.3) is 5.91 Å². The number of carbonyl (C=O) groups excluding carboxylic acids is 1. The fraction of sp³-hybridized carbons (Fsp3) is 0.125. The highest BCUT2D eigenvalue weighted by atomic mass is 35.5. The summed E-state index contributed by atoms with van der Waals surface area (Å²) in [5.74, 6) is 2.31. The zero-order valence-corrected chi connectivity index (χ0v) is 13.5. The first kappa shape index (κ1) is 14.4. The molecule has 0 fully saturated rings. The highest BCUT2D eigenvalue weighted by Gasteiger charge is 2.25. The van der Waals surface area contributed by atoms with Crippen LogP contribution in [0, 0.1) is 0 Å². The molecule has 0 saturated heterocycles. The van der Waals surface area contributed by atoms with E-state index in [1.54, 1.807) is 34.6 Å². The molecular formula is C16H12ClN3O2S. The summed E-state index contributed by atoms with van der Waals surface area (Å²) in [7, 11) is 0. The van der Waals surface area contributed by atoms with Gasteiger partial charge in [0.05, 0.1) is 17.6 Å². The molecular weight excluding hydrogens is 334 g/mol. The number of hydrogen-bond acceptors (Lipinski definition) is 4. The third-order valence-corrected chi connectivity index (χ3v) is 4.79. The largest absolute Gasteiger partial charge is 0.459 e. The van der Waals surface area contributed by atoms with E-state index in [0.717, 1.165) is 28.5 Å². The topological polar surface area (TPSA) is 60.1 Å². The van der Waals surface area contributed by atoms with Crippen molar-refractivity contribution in [2.24, 2.45) is 0 Å². The van der Waals surface area contributed by atoms with Gasteiger partial charge in [0.15, 0.2) is 5.76 Å². The van der Waals surface area contributed by atoms with Gasteiger partial charge in [-0.25, -0.2) is 4.68 Å². The molecule has 1 aliphatic heterocycles. The number of carbonyl (C=O) groups is 1. The van der Waals surface area contributed by atoms with E-state index in [2.05, 4.69) is 10.4 Å². The van der Waals surface area contributed by atoms with Gasteiger partial charge < -0.3 is 9.73 Å². The summed E-state index contributed by atoms with van der Waals surface area (Å²) in [6.45, 7) is 0. The second-order valence-corrected chi connectivity index (χ2v) is 6.51. The molecule has 0 unspecified atom stereocenters. The first-order valence-electron chi connectivity index (χ1n) is 7.01. The van der Waals surface area contributed by atoms with Crippen LogP contribution in [0.25, 0.3) is 5.69 Å². The van der Waals surface area contributed by atoms with E-state index in [-0.39, 0.29) is 11.7 Å². The predicted octanol–water partition coefficient (Wildman–Crippen LogP) is 4.12. The molecule has 23 heavy (non-hydrogen) atoms. The van der Waals surface area contributed by atoms with Gasteiger partial charge in [0.1, 0.15) is 5.82 Å². The van der Waals surface area contributed by atoms with Crippen LogP contribution >= 0.6 is 23.4 Å². The lowest BCUT2D eigenvalue weighted by atomic mass is 10.2. The van der Waals surface area contributed by atoms with Crippen molar-refractivity contribution < 1.29 is 9.21 Å². The Morgan fingerprint density at radius 2 is 2.22 bits per heavy atom. The minimum absolute atomic E-state index is 0.267. The van der Waals surface area contributed by atoms with E-state index in [9.17, 15) is 4.79 Å². The molecule has 7 heteroatoms. The first-order chi connectivity index (χ1) is 11.2. The van der Waals surface area contributed by atoms with Gasteiger partial charge in [0, 0.05) is 22.1 Å². The molecule has 3 aromatic rings. The maximum Gasteiger partial charge on any atom is 0.292 e. The second kappa shape index (κ2) is 5.79. The zero-order valence-electron chi connectivity index (χ0n) is 12.0. The Hall–Kier alpha value is -2.18. The van der Waals surface area contributed by atoms with Crippen molar-refractivity contribution in [1.82, 2.24) is 9.78 Å². The van der Waals surface area contributed by atoms with Gasteiger partial charge in [-0.1, -0.05) is 17.7 Å². The van der Waals surface area contributed by atoms with Gasteiger partial charge >= 0.3 is 0 Å². The van der Waals surface area contributed by atoms with Crippen molar-refractivity contribution in [3.05, 3.63) is 64.7 Å². The van der Waals surface area contributed by atoms with Crippen LogP contribution in [0.4, 0.5) is 5.82 Å². The normalized spacial score (nSPS) is 13.1. The smallest absolute Gasteiger partial charge is 0.292 e. The Bertz CT molecular complexity index is 874. The van der Waals surface area contributed by atoms with Crippen molar-refractivity contribution in [2.75, 3.05) is 5.32 Å². The summed E-state index contributed by atoms with van der Waals surface area (Å²) < 4.78 is 6.89. The number of nitrogens with one attached hydrogen (secondary N) is 1. The van der Waals surface area contributed by atoms with Crippen molar-refractivity contribution >= 4 is 35.1 Å². The van der Waals surface area contributed by atoms with Gasteiger partial charge in [-0.2, -0.15) is 16.9 Å². The minimum Gasteiger partial charge on any atom is -0.459 e. The maximum atomic E-state index is 12.3. The summed E-state index contributed by atoms with van der Waals surface area (Å²) in [5, 5.41) is 8.17. The molecule has 0 spiro atoms. The van der Waals surface area contributed by atoms with E-state index in [1.807, 2.05) is 18.2 Å². The molecule has 5 nitrogen and oxygen atoms in total. The Morgan fingerprint density at radius 1 is 1.30 bits per heavy atom. The third-order valence-electron chi connectivity index (χ3n) is 3.58. The van der Waals surface area contributed by atoms with Crippen LogP contribution in [0.1, 0.15) is 21.8 Å². The molecule has 116 valence electrons. The van der Waals surface area contributed by atoms with Crippen LogP contribution in [0.3, 0.4) is 0 Å². The first-order valence-corrected chi connectivity index (χ1v) is 8.55. The van der Waals surface area contributed by atoms with E-state index in [1.165, 1.54) is 6.26 Å². The Labute approximate surface area is 141 Å². The molecule has 1 amide bonds. The number of fused-ring (bicyclic) bond motifs is 1. The van der Waals surface area contributed by atoms with Crippen molar-refractivity contribution in [1.29, 1.82) is 0 Å². The average Bonchev–Trinajstić information content (AvgIpc) is 3.25. The molecule has 0 aliphatic carbocycles. The van der Waals surface area contributed by atoms with Gasteiger partial charge in [0.2, 0.25) is 0 Å². The van der Waals surface area contributed by atoms with Crippen molar-refractivity contribution in [2.45, 2.75) is 11.5 Å². The van der Waals surface area contributed by atoms with Crippen LogP contribution < -0.4 is 5.32 Å². The molecule has 1 aliphatic rings. The summed E-state index contributed by atoms with van der Waals surface area (Å²) >= 11 is 7.86. The molecule has 0 atom stereocenters. The molecule has 0 bridgehead atoms. The van der Waals surface area contributed by atoms with E-state index >= 15 is 0 Å². The SMILES string of the molecule is O=C(Nc1c2c(nn1-c1cccc(Cl)c1)CSC2)c1ccco1. The number of nitrogens with zero attached hydrogens (tertiary/aromatic N) is 2. The Balaban J connectivity index is 1.77. The van der Waals surface area contributed by atoms with E-state index in [0.29, 0.717) is 10.8 Å². The lowest BCUT2D eigenvalue weighted by molar-refractivity contribution is 0.0996. The predicted molar refractivity (Wildman–Crippen MR) is 90.2 cm³/mol. The zero-order chi connectivity index (χ0) is 15.8. The van der Waals surface area contributed by atoms with Crippen molar-refractivity contribution in [3.63, 3.8) is 0 Å². The van der Waals surface area contributed by atoms with E-state index < -0.39 is 0 Å². The molecule has 3 heterocycles. The van der Waals surface area contributed by atoms with Crippen LogP contribution in [-0.4, -0.2) is 15.7 Å². The van der Waals surface area contributed by atoms with Crippen LogP contribution in [0.2, 0.25) is 5.02 Å². The lowest BCUT2D eigenvalue weighted by Crippen LogP contribution is -2.15. The number of amides is 1. The second-order valence-electron chi connectivity index (χ2n) is 5.09. The van der Waals surface area contributed by atoms with Crippen molar-refractivity contribution in [3.8, 4) is 5.69 Å². The molecule has 2 aromatic heterocycles.